The Morgan fingerprint density at radius 2 is 1.62 bits per heavy atom. The quantitative estimate of drug-likeness (QED) is 0.550. The van der Waals surface area contributed by atoms with Crippen molar-refractivity contribution in [2.24, 2.45) is 0 Å². The summed E-state index contributed by atoms with van der Waals surface area (Å²) in [5, 5.41) is 0. The van der Waals surface area contributed by atoms with Crippen LogP contribution in [0.3, 0.4) is 0 Å². The monoisotopic (exact) mass is 334 g/mol. The third kappa shape index (κ3) is 7.00. The molecule has 1 aromatic rings. The van der Waals surface area contributed by atoms with Gasteiger partial charge in [0.1, 0.15) is 5.82 Å². The van der Waals surface area contributed by atoms with E-state index in [0.29, 0.717) is 0 Å². The Labute approximate surface area is 148 Å². The maximum absolute atomic E-state index is 13.0. The second-order valence-corrected chi connectivity index (χ2v) is 6.11. The van der Waals surface area contributed by atoms with Crippen molar-refractivity contribution in [1.29, 1.82) is 0 Å². The molecule has 0 atom stereocenters. The van der Waals surface area contributed by atoms with Gasteiger partial charge < -0.3 is 4.74 Å². The lowest BCUT2D eigenvalue weighted by Gasteiger charge is -2.39. The van der Waals surface area contributed by atoms with Gasteiger partial charge in [-0.25, -0.2) is 4.39 Å². The number of methoxy groups -OCH3 is 1. The molecule has 0 aromatic heterocycles. The fourth-order valence-corrected chi connectivity index (χ4v) is 3.11. The van der Waals surface area contributed by atoms with E-state index in [-0.39, 0.29) is 11.2 Å². The smallest absolute Gasteiger partial charge is 0.123 e. The van der Waals surface area contributed by atoms with Crippen LogP contribution in [0.5, 0.6) is 0 Å². The molecule has 0 N–H and O–H groups in total. The van der Waals surface area contributed by atoms with Crippen LogP contribution in [0, 0.1) is 5.82 Å². The van der Waals surface area contributed by atoms with Crippen LogP contribution in [0.15, 0.2) is 48.6 Å². The number of benzene rings is 1. The van der Waals surface area contributed by atoms with Gasteiger partial charge in [-0.1, -0.05) is 49.1 Å². The molecule has 0 bridgehead atoms. The Morgan fingerprint density at radius 3 is 2.00 bits per heavy atom. The molecule has 1 aromatic carbocycles. The summed E-state index contributed by atoms with van der Waals surface area (Å²) in [6, 6.07) is 7.12. The van der Waals surface area contributed by atoms with Gasteiger partial charge in [-0.05, 0) is 58.2 Å². The van der Waals surface area contributed by atoms with Crippen molar-refractivity contribution in [3.8, 4) is 0 Å². The molecule has 0 aliphatic heterocycles. The lowest BCUT2D eigenvalue weighted by molar-refractivity contribution is 0.215. The average molecular weight is 335 g/mol. The highest BCUT2D eigenvalue weighted by Gasteiger charge is 2.34. The minimum absolute atomic E-state index is 0.141. The zero-order valence-electron chi connectivity index (χ0n) is 16.2. The topological polar surface area (TPSA) is 9.23 Å². The molecular formula is C22H35FO. The summed E-state index contributed by atoms with van der Waals surface area (Å²) >= 11 is 0. The predicted octanol–water partition coefficient (Wildman–Crippen LogP) is 6.84. The zero-order chi connectivity index (χ0) is 18.4. The number of rotatable bonds is 3. The summed E-state index contributed by atoms with van der Waals surface area (Å²) in [5.41, 5.74) is 2.89. The standard InChI is InChI=1S/C16H21F.C3H8O.C3H6/c1-3-13(2)16(11-5-4-6-12-16)14-7-9-15(17)10-8-14;1-3-4-2;1-3-2/h3,7-10H,4-6,11-12H2,1-2H3;3H2,1-2H3;3H,1H2,2H3/b13-3+;;. The molecule has 24 heavy (non-hydrogen) atoms. The van der Waals surface area contributed by atoms with Crippen molar-refractivity contribution in [3.63, 3.8) is 0 Å². The first-order chi connectivity index (χ1) is 11.5. The first-order valence-electron chi connectivity index (χ1n) is 8.97. The summed E-state index contributed by atoms with van der Waals surface area (Å²) in [4.78, 5) is 0. The second kappa shape index (κ2) is 12.9. The second-order valence-electron chi connectivity index (χ2n) is 6.11. The van der Waals surface area contributed by atoms with Gasteiger partial charge in [0.05, 0.1) is 0 Å². The van der Waals surface area contributed by atoms with Crippen LogP contribution in [0.25, 0.3) is 0 Å². The zero-order valence-corrected chi connectivity index (χ0v) is 16.2. The van der Waals surface area contributed by atoms with Crippen LogP contribution < -0.4 is 0 Å². The minimum Gasteiger partial charge on any atom is -0.385 e. The van der Waals surface area contributed by atoms with Crippen molar-refractivity contribution in [3.05, 3.63) is 60.0 Å². The molecule has 1 aliphatic carbocycles. The average Bonchev–Trinajstić information content (AvgIpc) is 2.63. The third-order valence-corrected chi connectivity index (χ3v) is 4.58. The van der Waals surface area contributed by atoms with Crippen molar-refractivity contribution < 1.29 is 9.13 Å². The highest BCUT2D eigenvalue weighted by atomic mass is 19.1. The van der Waals surface area contributed by atoms with Crippen LogP contribution in [-0.2, 0) is 10.2 Å². The SMILES string of the molecule is C/C=C(\C)C1(c2ccc(F)cc2)CCCCC1.C=CC.CCOC. The maximum Gasteiger partial charge on any atom is 0.123 e. The van der Waals surface area contributed by atoms with E-state index in [4.69, 9.17) is 0 Å². The van der Waals surface area contributed by atoms with Crippen LogP contribution in [0.2, 0.25) is 0 Å². The van der Waals surface area contributed by atoms with Gasteiger partial charge >= 0.3 is 0 Å². The number of hydrogen-bond acceptors (Lipinski definition) is 1. The molecule has 0 spiro atoms. The summed E-state index contributed by atoms with van der Waals surface area (Å²) in [6.45, 7) is 12.4. The first-order valence-corrected chi connectivity index (χ1v) is 8.97. The van der Waals surface area contributed by atoms with Gasteiger partial charge in [0.25, 0.3) is 0 Å². The Hall–Kier alpha value is -1.41. The lowest BCUT2D eigenvalue weighted by Crippen LogP contribution is -2.30. The molecule has 2 rings (SSSR count). The Morgan fingerprint density at radius 1 is 1.17 bits per heavy atom. The molecular weight excluding hydrogens is 299 g/mol. The maximum atomic E-state index is 13.0. The van der Waals surface area contributed by atoms with Crippen LogP contribution in [0.1, 0.15) is 65.4 Å². The predicted molar refractivity (Wildman–Crippen MR) is 104 cm³/mol. The molecule has 1 nitrogen and oxygen atoms in total. The van der Waals surface area contributed by atoms with E-state index in [1.165, 1.54) is 43.2 Å². The lowest BCUT2D eigenvalue weighted by atomic mass is 9.65. The van der Waals surface area contributed by atoms with Gasteiger partial charge in [0.2, 0.25) is 0 Å². The van der Waals surface area contributed by atoms with Crippen molar-refractivity contribution in [1.82, 2.24) is 0 Å². The Kier molecular flexibility index (Phi) is 12.2. The van der Waals surface area contributed by atoms with Gasteiger partial charge in [-0.3, -0.25) is 0 Å². The molecule has 0 saturated heterocycles. The third-order valence-electron chi connectivity index (χ3n) is 4.58. The number of ether oxygens (including phenoxy) is 1. The Bertz CT molecular complexity index is 465. The number of allylic oxidation sites excluding steroid dienone is 3. The van der Waals surface area contributed by atoms with Crippen LogP contribution in [-0.4, -0.2) is 13.7 Å². The van der Waals surface area contributed by atoms with E-state index in [9.17, 15) is 4.39 Å². The molecule has 0 unspecified atom stereocenters. The highest BCUT2D eigenvalue weighted by molar-refractivity contribution is 5.36. The van der Waals surface area contributed by atoms with Gasteiger partial charge in [0.15, 0.2) is 0 Å². The number of hydrogen-bond donors (Lipinski definition) is 0. The molecule has 136 valence electrons. The van der Waals surface area contributed by atoms with Crippen molar-refractivity contribution in [2.45, 2.75) is 65.2 Å². The van der Waals surface area contributed by atoms with E-state index in [1.807, 2.05) is 26.0 Å². The first kappa shape index (κ1) is 22.6. The highest BCUT2D eigenvalue weighted by Crippen LogP contribution is 2.44. The number of halogens is 1. The summed E-state index contributed by atoms with van der Waals surface area (Å²) < 4.78 is 17.6. The largest absolute Gasteiger partial charge is 0.385 e. The van der Waals surface area contributed by atoms with E-state index in [1.54, 1.807) is 25.3 Å². The summed E-state index contributed by atoms with van der Waals surface area (Å²) in [7, 11) is 1.68. The molecule has 1 saturated carbocycles. The van der Waals surface area contributed by atoms with E-state index in [0.717, 1.165) is 6.61 Å². The van der Waals surface area contributed by atoms with E-state index >= 15 is 0 Å². The molecule has 0 radical (unpaired) electrons. The van der Waals surface area contributed by atoms with E-state index < -0.39 is 0 Å². The normalized spacial score (nSPS) is 16.2. The van der Waals surface area contributed by atoms with Gasteiger partial charge in [-0.15, -0.1) is 6.58 Å². The Balaban J connectivity index is 0.000000648. The molecule has 1 fully saturated rings. The fourth-order valence-electron chi connectivity index (χ4n) is 3.11. The summed E-state index contributed by atoms with van der Waals surface area (Å²) in [6.07, 6.45) is 10.3. The minimum atomic E-state index is -0.141. The molecule has 0 heterocycles. The molecule has 0 amide bonds. The van der Waals surface area contributed by atoms with Crippen LogP contribution >= 0.6 is 0 Å². The van der Waals surface area contributed by atoms with Gasteiger partial charge in [0, 0.05) is 19.1 Å². The fraction of sp³-hybridized carbons (Fsp3) is 0.545. The van der Waals surface area contributed by atoms with Crippen molar-refractivity contribution in [2.75, 3.05) is 13.7 Å². The molecule has 1 aliphatic rings. The van der Waals surface area contributed by atoms with Crippen LogP contribution in [0.4, 0.5) is 4.39 Å². The van der Waals surface area contributed by atoms with E-state index in [2.05, 4.69) is 31.2 Å². The van der Waals surface area contributed by atoms with Gasteiger partial charge in [-0.2, -0.15) is 0 Å². The molecule has 2 heteroatoms. The van der Waals surface area contributed by atoms with Crippen molar-refractivity contribution >= 4 is 0 Å². The summed E-state index contributed by atoms with van der Waals surface area (Å²) in [5.74, 6) is -0.141.